The fraction of sp³-hybridized carbons (Fsp3) is 0.500. The molecule has 1 aromatic rings. The Bertz CT molecular complexity index is 554. The molecule has 0 saturated carbocycles. The molecule has 1 aromatic heterocycles. The van der Waals surface area contributed by atoms with Gasteiger partial charge in [0.1, 0.15) is 5.82 Å². The van der Waals surface area contributed by atoms with E-state index in [-0.39, 0.29) is 11.4 Å². The van der Waals surface area contributed by atoms with Crippen molar-refractivity contribution in [2.45, 2.75) is 26.7 Å². The van der Waals surface area contributed by atoms with Gasteiger partial charge in [0.25, 0.3) is 0 Å². The molecule has 0 aliphatic rings. The topological polar surface area (TPSA) is 99.6 Å². The zero-order valence-corrected chi connectivity index (χ0v) is 12.4. The minimum Gasteiger partial charge on any atom is -0.478 e. The number of aromatic carboxylic acids is 1. The number of rotatable bonds is 8. The van der Waals surface area contributed by atoms with Gasteiger partial charge < -0.3 is 5.11 Å². The molecule has 0 fully saturated rings. The maximum absolute atomic E-state index is 12.2. The van der Waals surface area contributed by atoms with Crippen LogP contribution in [-0.2, 0) is 10.2 Å². The van der Waals surface area contributed by atoms with Crippen LogP contribution in [0.2, 0.25) is 0 Å². The van der Waals surface area contributed by atoms with Gasteiger partial charge in [-0.25, -0.2) is 9.78 Å². The van der Waals surface area contributed by atoms with Crippen molar-refractivity contribution in [2.24, 2.45) is 0 Å². The predicted octanol–water partition coefficient (Wildman–Crippen LogP) is 1.56. The molecule has 0 spiro atoms. The first-order valence-corrected chi connectivity index (χ1v) is 7.82. The standard InChI is InChI=1S/C12H19N3O4S/c1-3-7-15(8-4-2)20(18,19)14-11-9-10(12(16)17)5-6-13-11/h5-6,9H,3-4,7-8H2,1-2H3,(H,13,14)(H,16,17). The third-order valence-corrected chi connectivity index (χ3v) is 4.04. The molecular weight excluding hydrogens is 282 g/mol. The van der Waals surface area contributed by atoms with Crippen molar-refractivity contribution in [1.29, 1.82) is 0 Å². The van der Waals surface area contributed by atoms with E-state index in [2.05, 4.69) is 9.71 Å². The van der Waals surface area contributed by atoms with Gasteiger partial charge in [-0.05, 0) is 25.0 Å². The van der Waals surface area contributed by atoms with Crippen molar-refractivity contribution < 1.29 is 18.3 Å². The molecule has 1 rings (SSSR count). The fourth-order valence-electron chi connectivity index (χ4n) is 1.67. The molecule has 0 aliphatic heterocycles. The number of anilines is 1. The minimum absolute atomic E-state index is 0.00195. The third kappa shape index (κ3) is 4.46. The lowest BCUT2D eigenvalue weighted by molar-refractivity contribution is 0.0697. The molecule has 0 aromatic carbocycles. The van der Waals surface area contributed by atoms with Crippen LogP contribution in [0, 0.1) is 0 Å². The van der Waals surface area contributed by atoms with Gasteiger partial charge >= 0.3 is 16.2 Å². The molecular formula is C12H19N3O4S. The van der Waals surface area contributed by atoms with Crippen molar-refractivity contribution in [3.63, 3.8) is 0 Å². The second kappa shape index (κ2) is 7.20. The number of carboxylic acids is 1. The summed E-state index contributed by atoms with van der Waals surface area (Å²) in [4.78, 5) is 14.7. The molecule has 0 amide bonds. The molecule has 0 unspecified atom stereocenters. The molecule has 1 heterocycles. The predicted molar refractivity (Wildman–Crippen MR) is 75.9 cm³/mol. The van der Waals surface area contributed by atoms with Crippen molar-refractivity contribution >= 4 is 22.0 Å². The summed E-state index contributed by atoms with van der Waals surface area (Å²) in [7, 11) is -3.71. The van der Waals surface area contributed by atoms with Crippen LogP contribution in [0.4, 0.5) is 5.82 Å². The van der Waals surface area contributed by atoms with Crippen LogP contribution in [0.25, 0.3) is 0 Å². The van der Waals surface area contributed by atoms with Crippen LogP contribution in [0.3, 0.4) is 0 Å². The smallest absolute Gasteiger partial charge is 0.335 e. The van der Waals surface area contributed by atoms with Gasteiger partial charge in [-0.2, -0.15) is 12.7 Å². The van der Waals surface area contributed by atoms with E-state index in [1.807, 2.05) is 13.8 Å². The number of hydrogen-bond donors (Lipinski definition) is 2. The van der Waals surface area contributed by atoms with Crippen LogP contribution in [-0.4, -0.2) is 41.9 Å². The van der Waals surface area contributed by atoms with Crippen LogP contribution in [0.1, 0.15) is 37.0 Å². The number of hydrogen-bond acceptors (Lipinski definition) is 4. The van der Waals surface area contributed by atoms with Gasteiger partial charge in [0.2, 0.25) is 0 Å². The number of carbonyl (C=O) groups is 1. The Balaban J connectivity index is 2.94. The van der Waals surface area contributed by atoms with E-state index < -0.39 is 16.2 Å². The lowest BCUT2D eigenvalue weighted by atomic mass is 10.3. The monoisotopic (exact) mass is 301 g/mol. The van der Waals surface area contributed by atoms with Gasteiger partial charge in [-0.3, -0.25) is 4.72 Å². The van der Waals surface area contributed by atoms with E-state index in [0.29, 0.717) is 25.9 Å². The summed E-state index contributed by atoms with van der Waals surface area (Å²) in [6.45, 7) is 4.59. The quantitative estimate of drug-likeness (QED) is 0.759. The van der Waals surface area contributed by atoms with Gasteiger partial charge in [-0.1, -0.05) is 13.8 Å². The summed E-state index contributed by atoms with van der Waals surface area (Å²) in [5, 5.41) is 8.87. The Morgan fingerprint density at radius 3 is 2.45 bits per heavy atom. The van der Waals surface area contributed by atoms with Crippen LogP contribution < -0.4 is 4.72 Å². The van der Waals surface area contributed by atoms with Gasteiger partial charge in [0, 0.05) is 19.3 Å². The fourth-order valence-corrected chi connectivity index (χ4v) is 3.02. The van der Waals surface area contributed by atoms with E-state index >= 15 is 0 Å². The lowest BCUT2D eigenvalue weighted by Gasteiger charge is -2.21. The molecule has 8 heteroatoms. The highest BCUT2D eigenvalue weighted by Gasteiger charge is 2.21. The van der Waals surface area contributed by atoms with Crippen LogP contribution >= 0.6 is 0 Å². The lowest BCUT2D eigenvalue weighted by Crippen LogP contribution is -2.37. The highest BCUT2D eigenvalue weighted by Crippen LogP contribution is 2.12. The molecule has 0 bridgehead atoms. The van der Waals surface area contributed by atoms with Gasteiger partial charge in [0.15, 0.2) is 0 Å². The minimum atomic E-state index is -3.71. The summed E-state index contributed by atoms with van der Waals surface area (Å²) in [6, 6.07) is 2.49. The third-order valence-electron chi connectivity index (χ3n) is 2.53. The van der Waals surface area contributed by atoms with E-state index in [1.165, 1.54) is 22.6 Å². The molecule has 0 aliphatic carbocycles. The second-order valence-corrected chi connectivity index (χ2v) is 5.91. The van der Waals surface area contributed by atoms with Crippen LogP contribution in [0.15, 0.2) is 18.3 Å². The number of nitrogens with one attached hydrogen (secondary N) is 1. The van der Waals surface area contributed by atoms with E-state index in [1.54, 1.807) is 0 Å². The molecule has 0 saturated heterocycles. The number of aromatic nitrogens is 1. The second-order valence-electron chi connectivity index (χ2n) is 4.24. The molecule has 20 heavy (non-hydrogen) atoms. The summed E-state index contributed by atoms with van der Waals surface area (Å²) < 4.78 is 28.0. The highest BCUT2D eigenvalue weighted by atomic mass is 32.2. The van der Waals surface area contributed by atoms with E-state index in [4.69, 9.17) is 5.11 Å². The SMILES string of the molecule is CCCN(CCC)S(=O)(=O)Nc1cc(C(=O)O)ccn1. The Morgan fingerprint density at radius 1 is 1.35 bits per heavy atom. The maximum atomic E-state index is 12.2. The van der Waals surface area contributed by atoms with Crippen LogP contribution in [0.5, 0.6) is 0 Å². The Hall–Kier alpha value is -1.67. The molecule has 2 N–H and O–H groups in total. The van der Waals surface area contributed by atoms with Crippen molar-refractivity contribution in [3.8, 4) is 0 Å². The van der Waals surface area contributed by atoms with E-state index in [0.717, 1.165) is 0 Å². The maximum Gasteiger partial charge on any atom is 0.335 e. The number of pyridine rings is 1. The highest BCUT2D eigenvalue weighted by molar-refractivity contribution is 7.90. The summed E-state index contributed by atoms with van der Waals surface area (Å²) in [5.74, 6) is -1.13. The number of carboxylic acid groups (broad SMARTS) is 1. The van der Waals surface area contributed by atoms with Crippen molar-refractivity contribution in [3.05, 3.63) is 23.9 Å². The van der Waals surface area contributed by atoms with Crippen molar-refractivity contribution in [1.82, 2.24) is 9.29 Å². The summed E-state index contributed by atoms with van der Waals surface area (Å²) in [6.07, 6.45) is 2.65. The Morgan fingerprint density at radius 2 is 1.95 bits per heavy atom. The first kappa shape index (κ1) is 16.4. The molecule has 0 radical (unpaired) electrons. The molecule has 7 nitrogen and oxygen atoms in total. The first-order chi connectivity index (χ1) is 9.40. The zero-order valence-electron chi connectivity index (χ0n) is 11.5. The normalized spacial score (nSPS) is 11.6. The summed E-state index contributed by atoms with van der Waals surface area (Å²) in [5.41, 5.74) is -0.0183. The molecule has 0 atom stereocenters. The van der Waals surface area contributed by atoms with Gasteiger partial charge in [0.05, 0.1) is 5.56 Å². The Kier molecular flexibility index (Phi) is 5.90. The average molecular weight is 301 g/mol. The van der Waals surface area contributed by atoms with E-state index in [9.17, 15) is 13.2 Å². The van der Waals surface area contributed by atoms with Gasteiger partial charge in [-0.15, -0.1) is 0 Å². The Labute approximate surface area is 118 Å². The summed E-state index contributed by atoms with van der Waals surface area (Å²) >= 11 is 0. The zero-order chi connectivity index (χ0) is 15.2. The average Bonchev–Trinajstić information content (AvgIpc) is 2.38. The van der Waals surface area contributed by atoms with Crippen molar-refractivity contribution in [2.75, 3.05) is 17.8 Å². The number of nitrogens with zero attached hydrogens (tertiary/aromatic N) is 2. The molecule has 112 valence electrons. The first-order valence-electron chi connectivity index (χ1n) is 6.38. The largest absolute Gasteiger partial charge is 0.478 e.